The highest BCUT2D eigenvalue weighted by molar-refractivity contribution is 9.10. The second-order valence-electron chi connectivity index (χ2n) is 4.63. The molecular weight excluding hydrogens is 285 g/mol. The molecule has 1 saturated heterocycles. The van der Waals surface area contributed by atoms with E-state index in [4.69, 9.17) is 0 Å². The predicted molar refractivity (Wildman–Crippen MR) is 68.3 cm³/mol. The van der Waals surface area contributed by atoms with Crippen molar-refractivity contribution in [3.63, 3.8) is 0 Å². The quantitative estimate of drug-likeness (QED) is 0.926. The van der Waals surface area contributed by atoms with Crippen LogP contribution in [0.2, 0.25) is 0 Å². The first-order valence-electron chi connectivity index (χ1n) is 5.74. The van der Waals surface area contributed by atoms with E-state index in [1.807, 2.05) is 6.92 Å². The molecule has 0 radical (unpaired) electrons. The van der Waals surface area contributed by atoms with E-state index < -0.39 is 0 Å². The van der Waals surface area contributed by atoms with Crippen molar-refractivity contribution in [2.24, 2.45) is 11.8 Å². The van der Waals surface area contributed by atoms with Gasteiger partial charge in [0.25, 0.3) is 0 Å². The molecule has 1 aliphatic heterocycles. The van der Waals surface area contributed by atoms with Crippen LogP contribution >= 0.6 is 15.9 Å². The number of hydrogen-bond acceptors (Lipinski definition) is 2. The van der Waals surface area contributed by atoms with Crippen molar-refractivity contribution in [3.8, 4) is 0 Å². The van der Waals surface area contributed by atoms with Gasteiger partial charge in [-0.25, -0.2) is 4.39 Å². The molecule has 2 nitrogen and oxygen atoms in total. The molecule has 1 N–H and O–H groups in total. The van der Waals surface area contributed by atoms with Crippen LogP contribution in [-0.2, 0) is 11.2 Å². The van der Waals surface area contributed by atoms with Crippen LogP contribution in [0.1, 0.15) is 12.5 Å². The van der Waals surface area contributed by atoms with E-state index in [1.54, 1.807) is 6.07 Å². The molecule has 0 bridgehead atoms. The molecule has 0 aliphatic carbocycles. The van der Waals surface area contributed by atoms with Gasteiger partial charge in [0.1, 0.15) is 11.6 Å². The van der Waals surface area contributed by atoms with Crippen LogP contribution in [0.4, 0.5) is 4.39 Å². The zero-order chi connectivity index (χ0) is 12.4. The fourth-order valence-corrected chi connectivity index (χ4v) is 2.52. The first-order chi connectivity index (χ1) is 8.06. The molecule has 4 heteroatoms. The van der Waals surface area contributed by atoms with Gasteiger partial charge in [-0.2, -0.15) is 0 Å². The van der Waals surface area contributed by atoms with Crippen LogP contribution < -0.4 is 5.32 Å². The van der Waals surface area contributed by atoms with Crippen LogP contribution in [0.25, 0.3) is 0 Å². The third kappa shape index (κ3) is 3.13. The maximum Gasteiger partial charge on any atom is 0.140 e. The van der Waals surface area contributed by atoms with Gasteiger partial charge in [-0.1, -0.05) is 22.9 Å². The molecule has 1 atom stereocenters. The molecule has 17 heavy (non-hydrogen) atoms. The molecule has 0 aromatic heterocycles. The Labute approximate surface area is 109 Å². The summed E-state index contributed by atoms with van der Waals surface area (Å²) >= 11 is 3.23. The second kappa shape index (κ2) is 5.27. The second-order valence-corrected chi connectivity index (χ2v) is 5.54. The van der Waals surface area contributed by atoms with Crippen molar-refractivity contribution in [1.82, 2.24) is 5.32 Å². The fraction of sp³-hybridized carbons (Fsp3) is 0.462. The van der Waals surface area contributed by atoms with Crippen molar-refractivity contribution in [2.75, 3.05) is 13.1 Å². The number of halogens is 2. The van der Waals surface area contributed by atoms with E-state index in [-0.39, 0.29) is 17.5 Å². The summed E-state index contributed by atoms with van der Waals surface area (Å²) in [5.41, 5.74) is 0.737. The minimum absolute atomic E-state index is 0.0540. The van der Waals surface area contributed by atoms with E-state index in [9.17, 15) is 9.18 Å². The van der Waals surface area contributed by atoms with Crippen molar-refractivity contribution in [3.05, 3.63) is 34.1 Å². The summed E-state index contributed by atoms with van der Waals surface area (Å²) in [7, 11) is 0. The number of carbonyl (C=O) groups excluding carboxylic acids is 1. The third-order valence-electron chi connectivity index (χ3n) is 3.33. The van der Waals surface area contributed by atoms with E-state index in [0.717, 1.165) is 18.7 Å². The largest absolute Gasteiger partial charge is 0.316 e. The van der Waals surface area contributed by atoms with Crippen molar-refractivity contribution in [2.45, 2.75) is 13.3 Å². The van der Waals surface area contributed by atoms with Crippen molar-refractivity contribution >= 4 is 21.7 Å². The minimum Gasteiger partial charge on any atom is -0.316 e. The van der Waals surface area contributed by atoms with Gasteiger partial charge in [0.2, 0.25) is 0 Å². The van der Waals surface area contributed by atoms with Crippen molar-refractivity contribution < 1.29 is 9.18 Å². The van der Waals surface area contributed by atoms with Crippen LogP contribution in [0, 0.1) is 17.7 Å². The molecule has 0 spiro atoms. The zero-order valence-corrected chi connectivity index (χ0v) is 11.3. The highest BCUT2D eigenvalue weighted by Gasteiger charge is 2.28. The van der Waals surface area contributed by atoms with Gasteiger partial charge in [0, 0.05) is 16.8 Å². The van der Waals surface area contributed by atoms with Gasteiger partial charge < -0.3 is 5.32 Å². The van der Waals surface area contributed by atoms with Crippen LogP contribution in [-0.4, -0.2) is 18.9 Å². The summed E-state index contributed by atoms with van der Waals surface area (Å²) in [6, 6.07) is 4.62. The predicted octanol–water partition coefficient (Wildman–Crippen LogP) is 2.56. The Balaban J connectivity index is 2.01. The molecule has 1 aromatic carbocycles. The Morgan fingerprint density at radius 2 is 2.24 bits per heavy atom. The lowest BCUT2D eigenvalue weighted by Crippen LogP contribution is -2.47. The molecule has 1 unspecified atom stereocenters. The molecule has 1 aliphatic rings. The lowest BCUT2D eigenvalue weighted by Gasteiger charge is -2.31. The number of Topliss-reactive ketones (excluding diaryl/α,β-unsaturated/α-hetero) is 1. The van der Waals surface area contributed by atoms with Gasteiger partial charge in [0.15, 0.2) is 0 Å². The summed E-state index contributed by atoms with van der Waals surface area (Å²) in [6.07, 6.45) is 0.314. The first-order valence-corrected chi connectivity index (χ1v) is 6.54. The average molecular weight is 300 g/mol. The third-order valence-corrected chi connectivity index (χ3v) is 3.79. The summed E-state index contributed by atoms with van der Waals surface area (Å²) in [5.74, 6) is 0.381. The Kier molecular flexibility index (Phi) is 3.94. The summed E-state index contributed by atoms with van der Waals surface area (Å²) in [5, 5.41) is 3.16. The van der Waals surface area contributed by atoms with Gasteiger partial charge in [-0.05, 0) is 42.8 Å². The smallest absolute Gasteiger partial charge is 0.140 e. The number of rotatable bonds is 4. The first kappa shape index (κ1) is 12.7. The van der Waals surface area contributed by atoms with E-state index >= 15 is 0 Å². The van der Waals surface area contributed by atoms with Crippen LogP contribution in [0.5, 0.6) is 0 Å². The average Bonchev–Trinajstić information content (AvgIpc) is 2.12. The molecule has 1 fully saturated rings. The maximum atomic E-state index is 13.2. The van der Waals surface area contributed by atoms with Gasteiger partial charge >= 0.3 is 0 Å². The zero-order valence-electron chi connectivity index (χ0n) is 9.67. The van der Waals surface area contributed by atoms with Crippen LogP contribution in [0.15, 0.2) is 22.7 Å². The Morgan fingerprint density at radius 1 is 1.53 bits per heavy atom. The molecule has 92 valence electrons. The Morgan fingerprint density at radius 3 is 2.76 bits per heavy atom. The minimum atomic E-state index is -0.305. The molecule has 1 heterocycles. The van der Waals surface area contributed by atoms with E-state index in [2.05, 4.69) is 21.2 Å². The maximum absolute atomic E-state index is 13.2. The lowest BCUT2D eigenvalue weighted by atomic mass is 9.84. The number of nitrogens with one attached hydrogen (secondary N) is 1. The van der Waals surface area contributed by atoms with Gasteiger partial charge in [0.05, 0.1) is 0 Å². The standard InChI is InChI=1S/C13H15BrFNO/c1-8(10-6-16-7-10)13(17)4-9-2-11(14)5-12(15)3-9/h2-3,5,8,10,16H,4,6-7H2,1H3. The Hall–Kier alpha value is -0.740. The Bertz CT molecular complexity index is 411. The summed E-state index contributed by atoms with van der Waals surface area (Å²) < 4.78 is 13.8. The number of hydrogen-bond donors (Lipinski definition) is 1. The van der Waals surface area contributed by atoms with Crippen molar-refractivity contribution in [1.29, 1.82) is 0 Å². The SMILES string of the molecule is CC(C(=O)Cc1cc(F)cc(Br)c1)C1CNC1. The monoisotopic (exact) mass is 299 g/mol. The highest BCUT2D eigenvalue weighted by atomic mass is 79.9. The molecule has 1 aromatic rings. The normalized spacial score (nSPS) is 17.6. The number of benzene rings is 1. The van der Waals surface area contributed by atoms with Gasteiger partial charge in [-0.15, -0.1) is 0 Å². The topological polar surface area (TPSA) is 29.1 Å². The number of ketones is 1. The van der Waals surface area contributed by atoms with E-state index in [0.29, 0.717) is 16.8 Å². The van der Waals surface area contributed by atoms with Crippen LogP contribution in [0.3, 0.4) is 0 Å². The summed E-state index contributed by atoms with van der Waals surface area (Å²) in [6.45, 7) is 3.79. The molecular formula is C13H15BrFNO. The lowest BCUT2D eigenvalue weighted by molar-refractivity contribution is -0.123. The van der Waals surface area contributed by atoms with Gasteiger partial charge in [-0.3, -0.25) is 4.79 Å². The summed E-state index contributed by atoms with van der Waals surface area (Å²) in [4.78, 5) is 12.0. The fourth-order valence-electron chi connectivity index (χ4n) is 2.00. The molecule has 2 rings (SSSR count). The number of carbonyl (C=O) groups is 1. The molecule has 0 amide bonds. The van der Waals surface area contributed by atoms with E-state index in [1.165, 1.54) is 12.1 Å². The highest BCUT2D eigenvalue weighted by Crippen LogP contribution is 2.21. The molecule has 0 saturated carbocycles.